The number of carbonyl (C=O) groups is 1. The average molecular weight is 311 g/mol. The van der Waals surface area contributed by atoms with Crippen LogP contribution < -0.4 is 10.6 Å². The Morgan fingerprint density at radius 3 is 3.10 bits per heavy atom. The second-order valence-electron chi connectivity index (χ2n) is 4.68. The molecule has 6 nitrogen and oxygen atoms in total. The first kappa shape index (κ1) is 14.0. The summed E-state index contributed by atoms with van der Waals surface area (Å²) < 4.78 is 18.7. The Kier molecular flexibility index (Phi) is 3.85. The van der Waals surface area contributed by atoms with E-state index >= 15 is 0 Å². The van der Waals surface area contributed by atoms with Crippen molar-refractivity contribution in [2.75, 3.05) is 11.9 Å². The minimum Gasteiger partial charge on any atom is -0.337 e. The molecule has 3 rings (SSSR count). The largest absolute Gasteiger partial charge is 0.337 e. The first-order valence-electron chi connectivity index (χ1n) is 6.47. The minimum atomic E-state index is -0.635. The predicted molar refractivity (Wildman–Crippen MR) is 73.6 cm³/mol. The number of aromatic nitrogens is 2. The molecule has 0 saturated carbocycles. The van der Waals surface area contributed by atoms with Crippen molar-refractivity contribution in [3.63, 3.8) is 0 Å². The molecule has 1 saturated heterocycles. The lowest BCUT2D eigenvalue weighted by molar-refractivity contribution is 0.101. The number of hydrogen-bond donors (Lipinski definition) is 2. The molecule has 2 aromatic rings. The quantitative estimate of drug-likeness (QED) is 0.910. The van der Waals surface area contributed by atoms with Crippen LogP contribution in [-0.4, -0.2) is 22.6 Å². The monoisotopic (exact) mass is 310 g/mol. The molecule has 1 aliphatic rings. The molecule has 0 spiro atoms. The Hall–Kier alpha value is -1.99. The summed E-state index contributed by atoms with van der Waals surface area (Å²) >= 11 is 5.65. The molecule has 0 bridgehead atoms. The van der Waals surface area contributed by atoms with Crippen molar-refractivity contribution < 1.29 is 13.7 Å². The van der Waals surface area contributed by atoms with Gasteiger partial charge in [-0.15, -0.1) is 0 Å². The highest BCUT2D eigenvalue weighted by molar-refractivity contribution is 6.30. The van der Waals surface area contributed by atoms with Crippen LogP contribution in [0.25, 0.3) is 0 Å². The summed E-state index contributed by atoms with van der Waals surface area (Å²) in [6, 6.07) is 3.94. The summed E-state index contributed by atoms with van der Waals surface area (Å²) in [4.78, 5) is 16.0. The Labute approximate surface area is 124 Å². The van der Waals surface area contributed by atoms with Crippen molar-refractivity contribution in [3.8, 4) is 0 Å². The fourth-order valence-corrected chi connectivity index (χ4v) is 2.29. The van der Waals surface area contributed by atoms with Gasteiger partial charge in [0.15, 0.2) is 0 Å². The van der Waals surface area contributed by atoms with Crippen molar-refractivity contribution in [3.05, 3.63) is 40.8 Å². The Balaban J connectivity index is 1.73. The second-order valence-corrected chi connectivity index (χ2v) is 5.12. The molecule has 1 unspecified atom stereocenters. The molecular weight excluding hydrogens is 299 g/mol. The highest BCUT2D eigenvalue weighted by atomic mass is 35.5. The number of rotatable bonds is 3. The Bertz CT molecular complexity index is 670. The SMILES string of the molecule is O=C(Nc1ccc(Cl)cc1F)c1noc(C2CCCN2)n1. The van der Waals surface area contributed by atoms with Gasteiger partial charge in [0.1, 0.15) is 5.82 Å². The molecule has 21 heavy (non-hydrogen) atoms. The average Bonchev–Trinajstić information content (AvgIpc) is 3.10. The summed E-state index contributed by atoms with van der Waals surface area (Å²) in [6.07, 6.45) is 1.90. The maximum atomic E-state index is 13.6. The third kappa shape index (κ3) is 3.03. The zero-order chi connectivity index (χ0) is 14.8. The number of anilines is 1. The van der Waals surface area contributed by atoms with Gasteiger partial charge in [-0.05, 0) is 37.6 Å². The Morgan fingerprint density at radius 1 is 1.52 bits per heavy atom. The number of hydrogen-bond acceptors (Lipinski definition) is 5. The van der Waals surface area contributed by atoms with Crippen LogP contribution in [0.1, 0.15) is 35.4 Å². The number of benzene rings is 1. The molecule has 1 atom stereocenters. The van der Waals surface area contributed by atoms with E-state index in [4.69, 9.17) is 16.1 Å². The third-order valence-electron chi connectivity index (χ3n) is 3.18. The van der Waals surface area contributed by atoms with Gasteiger partial charge >= 0.3 is 0 Å². The topological polar surface area (TPSA) is 80.0 Å². The van der Waals surface area contributed by atoms with Crippen molar-refractivity contribution in [1.29, 1.82) is 0 Å². The number of nitrogens with zero attached hydrogens (tertiary/aromatic N) is 2. The van der Waals surface area contributed by atoms with Crippen LogP contribution in [0.2, 0.25) is 5.02 Å². The fraction of sp³-hybridized carbons (Fsp3) is 0.308. The maximum Gasteiger partial charge on any atom is 0.297 e. The third-order valence-corrected chi connectivity index (χ3v) is 3.42. The predicted octanol–water partition coefficient (Wildman–Crippen LogP) is 2.54. The van der Waals surface area contributed by atoms with Crippen LogP contribution in [0.5, 0.6) is 0 Å². The molecule has 0 aliphatic carbocycles. The van der Waals surface area contributed by atoms with E-state index < -0.39 is 11.7 Å². The van der Waals surface area contributed by atoms with E-state index in [0.29, 0.717) is 5.89 Å². The highest BCUT2D eigenvalue weighted by Gasteiger charge is 2.24. The molecule has 1 aliphatic heterocycles. The van der Waals surface area contributed by atoms with Gasteiger partial charge < -0.3 is 15.2 Å². The molecule has 0 radical (unpaired) electrons. The smallest absolute Gasteiger partial charge is 0.297 e. The van der Waals surface area contributed by atoms with Gasteiger partial charge in [-0.3, -0.25) is 4.79 Å². The number of amides is 1. The molecule has 110 valence electrons. The number of carbonyl (C=O) groups excluding carboxylic acids is 1. The van der Waals surface area contributed by atoms with E-state index in [-0.39, 0.29) is 22.6 Å². The van der Waals surface area contributed by atoms with Crippen molar-refractivity contribution in [2.45, 2.75) is 18.9 Å². The van der Waals surface area contributed by atoms with Gasteiger partial charge in [0.05, 0.1) is 11.7 Å². The normalized spacial score (nSPS) is 17.9. The van der Waals surface area contributed by atoms with E-state index in [1.165, 1.54) is 12.1 Å². The first-order chi connectivity index (χ1) is 10.1. The molecule has 2 heterocycles. The minimum absolute atomic E-state index is 0.00902. The molecule has 1 fully saturated rings. The van der Waals surface area contributed by atoms with E-state index in [0.717, 1.165) is 25.5 Å². The van der Waals surface area contributed by atoms with Gasteiger partial charge in [0, 0.05) is 5.02 Å². The lowest BCUT2D eigenvalue weighted by Crippen LogP contribution is -2.16. The maximum absolute atomic E-state index is 13.6. The van der Waals surface area contributed by atoms with Gasteiger partial charge in [0.25, 0.3) is 11.7 Å². The standard InChI is InChI=1S/C13H12ClFN4O2/c14-7-3-4-9(8(15)6-7)17-12(20)11-18-13(21-19-11)10-2-1-5-16-10/h3-4,6,10,16H,1-2,5H2,(H,17,20). The van der Waals surface area contributed by atoms with Crippen LogP contribution in [0.3, 0.4) is 0 Å². The Morgan fingerprint density at radius 2 is 2.38 bits per heavy atom. The van der Waals surface area contributed by atoms with E-state index in [9.17, 15) is 9.18 Å². The zero-order valence-electron chi connectivity index (χ0n) is 10.9. The highest BCUT2D eigenvalue weighted by Crippen LogP contribution is 2.22. The second kappa shape index (κ2) is 5.79. The van der Waals surface area contributed by atoms with E-state index in [1.54, 1.807) is 0 Å². The zero-order valence-corrected chi connectivity index (χ0v) is 11.7. The molecular formula is C13H12ClFN4O2. The summed E-state index contributed by atoms with van der Waals surface area (Å²) in [5.41, 5.74) is 0.00902. The van der Waals surface area contributed by atoms with Gasteiger partial charge in [0.2, 0.25) is 5.89 Å². The van der Waals surface area contributed by atoms with Crippen molar-refractivity contribution in [2.24, 2.45) is 0 Å². The van der Waals surface area contributed by atoms with Crippen molar-refractivity contribution in [1.82, 2.24) is 15.5 Å². The van der Waals surface area contributed by atoms with E-state index in [1.807, 2.05) is 0 Å². The lowest BCUT2D eigenvalue weighted by Gasteiger charge is -2.04. The lowest BCUT2D eigenvalue weighted by atomic mass is 10.2. The summed E-state index contributed by atoms with van der Waals surface area (Å²) in [5.74, 6) is -1.02. The number of nitrogens with one attached hydrogen (secondary N) is 2. The van der Waals surface area contributed by atoms with Crippen molar-refractivity contribution >= 4 is 23.2 Å². The van der Waals surface area contributed by atoms with E-state index in [2.05, 4.69) is 20.8 Å². The van der Waals surface area contributed by atoms with Gasteiger partial charge in [-0.25, -0.2) is 4.39 Å². The van der Waals surface area contributed by atoms with Crippen LogP contribution >= 0.6 is 11.6 Å². The van der Waals surface area contributed by atoms with Gasteiger partial charge in [-0.2, -0.15) is 4.98 Å². The van der Waals surface area contributed by atoms with Crippen LogP contribution in [0.4, 0.5) is 10.1 Å². The molecule has 1 aromatic carbocycles. The fourth-order valence-electron chi connectivity index (χ4n) is 2.13. The van der Waals surface area contributed by atoms with Crippen LogP contribution in [0, 0.1) is 5.82 Å². The van der Waals surface area contributed by atoms with Crippen LogP contribution in [-0.2, 0) is 0 Å². The first-order valence-corrected chi connectivity index (χ1v) is 6.84. The molecule has 8 heteroatoms. The summed E-state index contributed by atoms with van der Waals surface area (Å²) in [7, 11) is 0. The van der Waals surface area contributed by atoms with Crippen LogP contribution in [0.15, 0.2) is 22.7 Å². The summed E-state index contributed by atoms with van der Waals surface area (Å²) in [6.45, 7) is 0.880. The molecule has 1 amide bonds. The summed E-state index contributed by atoms with van der Waals surface area (Å²) in [5, 5.41) is 9.43. The molecule has 1 aromatic heterocycles. The molecule has 2 N–H and O–H groups in total. The van der Waals surface area contributed by atoms with Gasteiger partial charge in [-0.1, -0.05) is 16.8 Å². The number of halogens is 2.